The van der Waals surface area contributed by atoms with Crippen molar-refractivity contribution in [3.8, 4) is 0 Å². The molecule has 0 heterocycles. The van der Waals surface area contributed by atoms with Crippen molar-refractivity contribution in [2.45, 2.75) is 0 Å². The van der Waals surface area contributed by atoms with Gasteiger partial charge in [0.15, 0.2) is 0 Å². The zero-order valence-corrected chi connectivity index (χ0v) is 10.0. The molecule has 0 fully saturated rings. The standard InChI is InChI=1S/C3H7NO.4ClH.Ti/c1-4(2)3-5;;;;;/h3H,1-2H3;4*1H;/q;;;;;+4/p-4. The van der Waals surface area contributed by atoms with Crippen LogP contribution in [0.2, 0.25) is 0 Å². The van der Waals surface area contributed by atoms with E-state index in [0.717, 1.165) is 6.41 Å². The molecule has 10 heavy (non-hydrogen) atoms. The first-order chi connectivity index (χ1) is 4.27. The van der Waals surface area contributed by atoms with Crippen molar-refractivity contribution in [1.82, 2.24) is 4.90 Å². The van der Waals surface area contributed by atoms with Crippen molar-refractivity contribution in [3.63, 3.8) is 0 Å². The van der Waals surface area contributed by atoms with Crippen LogP contribution in [0.15, 0.2) is 0 Å². The van der Waals surface area contributed by atoms with Gasteiger partial charge >= 0.3 is 49.6 Å². The van der Waals surface area contributed by atoms with Crippen molar-refractivity contribution in [2.24, 2.45) is 0 Å². The van der Waals surface area contributed by atoms with Gasteiger partial charge in [0.2, 0.25) is 6.41 Å². The van der Waals surface area contributed by atoms with E-state index in [-0.39, 0.29) is 0 Å². The molecule has 0 aliphatic rings. The molecule has 0 aromatic rings. The van der Waals surface area contributed by atoms with Gasteiger partial charge in [-0.1, -0.05) is 0 Å². The zero-order valence-electron chi connectivity index (χ0n) is 5.44. The SMILES string of the molecule is CN(C)C=O.[Cl][Ti]([Cl])([Cl])[Cl]. The second kappa shape index (κ2) is 7.02. The van der Waals surface area contributed by atoms with Crippen LogP contribution in [0.1, 0.15) is 0 Å². The summed E-state index contributed by atoms with van der Waals surface area (Å²) >= 11 is -3.11. The van der Waals surface area contributed by atoms with Gasteiger partial charge in [0.25, 0.3) is 0 Å². The third-order valence-corrected chi connectivity index (χ3v) is 0.211. The summed E-state index contributed by atoms with van der Waals surface area (Å²) < 4.78 is 0. The Labute approximate surface area is 79.2 Å². The van der Waals surface area contributed by atoms with Crippen LogP contribution in [0.3, 0.4) is 0 Å². The zero-order chi connectivity index (χ0) is 8.78. The van der Waals surface area contributed by atoms with E-state index in [2.05, 4.69) is 0 Å². The van der Waals surface area contributed by atoms with Crippen LogP contribution in [0, 0.1) is 0 Å². The van der Waals surface area contributed by atoms with Crippen LogP contribution >= 0.6 is 37.2 Å². The minimum absolute atomic E-state index is 0.750. The van der Waals surface area contributed by atoms with E-state index in [9.17, 15) is 4.79 Å². The summed E-state index contributed by atoms with van der Waals surface area (Å²) in [5.74, 6) is 0. The number of carbonyl (C=O) groups is 1. The van der Waals surface area contributed by atoms with Crippen molar-refractivity contribution >= 4 is 43.6 Å². The van der Waals surface area contributed by atoms with Gasteiger partial charge in [-0.25, -0.2) is 0 Å². The van der Waals surface area contributed by atoms with Gasteiger partial charge in [-0.3, -0.25) is 4.79 Å². The molecular formula is C3H7Cl4NOTi. The molecule has 0 aromatic carbocycles. The first kappa shape index (κ1) is 13.9. The topological polar surface area (TPSA) is 20.3 Å². The number of halogens is 4. The Bertz CT molecular complexity index is 87.0. The third kappa shape index (κ3) is 58.2. The summed E-state index contributed by atoms with van der Waals surface area (Å²) in [6.07, 6.45) is 0.750. The number of amides is 1. The molecule has 0 aliphatic carbocycles. The number of hydrogen-bond acceptors (Lipinski definition) is 1. The predicted octanol–water partition coefficient (Wildman–Crippen LogP) is 2.46. The molecule has 62 valence electrons. The van der Waals surface area contributed by atoms with Crippen molar-refractivity contribution in [3.05, 3.63) is 0 Å². The average Bonchev–Trinajstić information content (AvgIpc) is 1.61. The molecule has 0 aliphatic heterocycles. The second-order valence-electron chi connectivity index (χ2n) is 1.50. The van der Waals surface area contributed by atoms with Crippen LogP contribution in [0.5, 0.6) is 0 Å². The van der Waals surface area contributed by atoms with Gasteiger partial charge in [0.1, 0.15) is 0 Å². The van der Waals surface area contributed by atoms with Crippen molar-refractivity contribution < 1.29 is 17.1 Å². The van der Waals surface area contributed by atoms with E-state index in [4.69, 9.17) is 37.2 Å². The monoisotopic (exact) mass is 261 g/mol. The van der Waals surface area contributed by atoms with Gasteiger partial charge in [-0.15, -0.1) is 0 Å². The fraction of sp³-hybridized carbons (Fsp3) is 0.667. The van der Waals surface area contributed by atoms with Crippen LogP contribution in [0.25, 0.3) is 0 Å². The molecule has 0 radical (unpaired) electrons. The molecule has 0 bridgehead atoms. The maximum absolute atomic E-state index is 9.43. The average molecular weight is 263 g/mol. The summed E-state index contributed by atoms with van der Waals surface area (Å²) in [4.78, 5) is 10.9. The van der Waals surface area contributed by atoms with Crippen LogP contribution < -0.4 is 0 Å². The Morgan fingerprint density at radius 2 is 1.30 bits per heavy atom. The van der Waals surface area contributed by atoms with Gasteiger partial charge < -0.3 is 4.90 Å². The Balaban J connectivity index is 0. The summed E-state index contributed by atoms with van der Waals surface area (Å²) in [5, 5.41) is 0. The molecule has 0 spiro atoms. The number of carbonyl (C=O) groups excluding carboxylic acids is 1. The molecule has 0 atom stereocenters. The molecule has 1 amide bonds. The molecule has 2 nitrogen and oxygen atoms in total. The molecule has 0 unspecified atom stereocenters. The Kier molecular flexibility index (Phi) is 9.76. The molecule has 0 saturated heterocycles. The summed E-state index contributed by atoms with van der Waals surface area (Å²) in [6, 6.07) is 0. The van der Waals surface area contributed by atoms with Crippen molar-refractivity contribution in [1.29, 1.82) is 0 Å². The van der Waals surface area contributed by atoms with Crippen LogP contribution in [-0.4, -0.2) is 25.4 Å². The van der Waals surface area contributed by atoms with E-state index in [0.29, 0.717) is 0 Å². The summed E-state index contributed by atoms with van der Waals surface area (Å²) in [5.41, 5.74) is 0. The number of nitrogens with zero attached hydrogens (tertiary/aromatic N) is 1. The van der Waals surface area contributed by atoms with E-state index in [1.165, 1.54) is 4.90 Å². The Morgan fingerprint density at radius 3 is 1.30 bits per heavy atom. The van der Waals surface area contributed by atoms with Gasteiger partial charge in [-0.2, -0.15) is 0 Å². The molecule has 7 heteroatoms. The van der Waals surface area contributed by atoms with E-state index in [1.54, 1.807) is 14.1 Å². The van der Waals surface area contributed by atoms with Gasteiger partial charge in [0, 0.05) is 14.1 Å². The summed E-state index contributed by atoms with van der Waals surface area (Å²) in [7, 11) is 23.4. The first-order valence-electron chi connectivity index (χ1n) is 2.14. The van der Waals surface area contributed by atoms with Crippen molar-refractivity contribution in [2.75, 3.05) is 14.1 Å². The third-order valence-electron chi connectivity index (χ3n) is 0.211. The molecular weight excluding hydrogens is 256 g/mol. The number of rotatable bonds is 1. The van der Waals surface area contributed by atoms with Crippen LogP contribution in [-0.2, 0) is 17.1 Å². The predicted molar refractivity (Wildman–Crippen MR) is 43.2 cm³/mol. The number of hydrogen-bond donors (Lipinski definition) is 0. The van der Waals surface area contributed by atoms with E-state index in [1.807, 2.05) is 0 Å². The Morgan fingerprint density at radius 1 is 1.20 bits per heavy atom. The quantitative estimate of drug-likeness (QED) is 0.525. The molecule has 0 aromatic heterocycles. The van der Waals surface area contributed by atoms with E-state index >= 15 is 0 Å². The summed E-state index contributed by atoms with van der Waals surface area (Å²) in [6.45, 7) is 0. The minimum atomic E-state index is -3.11. The molecule has 0 N–H and O–H groups in total. The molecule has 0 saturated carbocycles. The van der Waals surface area contributed by atoms with Crippen LogP contribution in [0.4, 0.5) is 0 Å². The Hall–Kier alpha value is 1.34. The molecule has 0 rings (SSSR count). The fourth-order valence-corrected chi connectivity index (χ4v) is 0. The normalized spacial score (nSPS) is 9.40. The maximum atomic E-state index is 9.43. The first-order valence-corrected chi connectivity index (χ1v) is 10.7. The van der Waals surface area contributed by atoms with Gasteiger partial charge in [-0.05, 0) is 0 Å². The fourth-order valence-electron chi connectivity index (χ4n) is 0. The second-order valence-corrected chi connectivity index (χ2v) is 17.0. The van der Waals surface area contributed by atoms with Gasteiger partial charge in [0.05, 0.1) is 0 Å². The van der Waals surface area contributed by atoms with E-state index < -0.39 is 12.3 Å².